The van der Waals surface area contributed by atoms with Crippen molar-refractivity contribution in [3.63, 3.8) is 0 Å². The van der Waals surface area contributed by atoms with Crippen LogP contribution in [0, 0.1) is 5.41 Å². The maximum atomic E-state index is 12.7. The van der Waals surface area contributed by atoms with Crippen LogP contribution in [0.3, 0.4) is 0 Å². The first-order chi connectivity index (χ1) is 10.3. The number of esters is 1. The third kappa shape index (κ3) is 4.94. The molecule has 1 aromatic rings. The lowest BCUT2D eigenvalue weighted by atomic mass is 9.83. The fraction of sp³-hybridized carbons (Fsp3) is 0.533. The molecule has 0 saturated heterocycles. The van der Waals surface area contributed by atoms with E-state index in [1.807, 2.05) is 0 Å². The van der Waals surface area contributed by atoms with Crippen LogP contribution in [-0.2, 0) is 26.9 Å². The van der Waals surface area contributed by atoms with Gasteiger partial charge < -0.3 is 9.84 Å². The Balaban J connectivity index is 3.14. The fourth-order valence-corrected chi connectivity index (χ4v) is 1.77. The quantitative estimate of drug-likeness (QED) is 0.677. The molecule has 1 atom stereocenters. The predicted octanol–water partition coefficient (Wildman–Crippen LogP) is 3.08. The Hall–Kier alpha value is -2.12. The Kier molecular flexibility index (Phi) is 5.08. The number of aliphatic carboxylic acids is 1. The van der Waals surface area contributed by atoms with E-state index in [2.05, 4.69) is 4.98 Å². The number of rotatable bonds is 4. The van der Waals surface area contributed by atoms with Gasteiger partial charge in [0.15, 0.2) is 5.41 Å². The van der Waals surface area contributed by atoms with E-state index in [0.29, 0.717) is 0 Å². The Bertz CT molecular complexity index is 607. The molecule has 0 fully saturated rings. The molecule has 1 rings (SSSR count). The van der Waals surface area contributed by atoms with Crippen LogP contribution < -0.4 is 0 Å². The van der Waals surface area contributed by atoms with Gasteiger partial charge >= 0.3 is 18.1 Å². The standard InChI is InChI=1S/C15H18F3NO4/c1-13(2,3)23-12(22)14(4,11(20)21)8-9-5-6-19-10(7-9)15(16,17)18/h5-7H,8H2,1-4H3,(H,20,21)/t14-/m0/s1. The smallest absolute Gasteiger partial charge is 0.433 e. The molecule has 8 heteroatoms. The monoisotopic (exact) mass is 333 g/mol. The third-order valence-electron chi connectivity index (χ3n) is 2.99. The summed E-state index contributed by atoms with van der Waals surface area (Å²) in [5.74, 6) is -2.49. The average molecular weight is 333 g/mol. The maximum absolute atomic E-state index is 12.7. The van der Waals surface area contributed by atoms with Crippen molar-refractivity contribution in [2.45, 2.75) is 45.9 Å². The zero-order valence-corrected chi connectivity index (χ0v) is 13.2. The number of carbonyl (C=O) groups excluding carboxylic acids is 1. The van der Waals surface area contributed by atoms with Crippen molar-refractivity contribution in [2.75, 3.05) is 0 Å². The van der Waals surface area contributed by atoms with Gasteiger partial charge in [0.05, 0.1) is 0 Å². The fourth-order valence-electron chi connectivity index (χ4n) is 1.77. The SMILES string of the molecule is CC(C)(C)OC(=O)[C@@](C)(Cc1ccnc(C(F)(F)F)c1)C(=O)O. The molecule has 0 spiro atoms. The molecular weight excluding hydrogens is 315 g/mol. The first-order valence-corrected chi connectivity index (χ1v) is 6.75. The van der Waals surface area contributed by atoms with Crippen molar-refractivity contribution in [1.29, 1.82) is 0 Å². The van der Waals surface area contributed by atoms with E-state index in [1.54, 1.807) is 20.8 Å². The zero-order chi connectivity index (χ0) is 18.1. The number of alkyl halides is 3. The number of aromatic nitrogens is 1. The molecule has 0 aliphatic rings. The van der Waals surface area contributed by atoms with Gasteiger partial charge in [0, 0.05) is 6.20 Å². The van der Waals surface area contributed by atoms with E-state index in [4.69, 9.17) is 4.74 Å². The minimum absolute atomic E-state index is 0.0306. The van der Waals surface area contributed by atoms with Crippen LogP contribution in [0.4, 0.5) is 13.2 Å². The summed E-state index contributed by atoms with van der Waals surface area (Å²) >= 11 is 0. The number of hydrogen-bond donors (Lipinski definition) is 1. The van der Waals surface area contributed by atoms with Crippen LogP contribution in [0.5, 0.6) is 0 Å². The van der Waals surface area contributed by atoms with Gasteiger partial charge in [0.2, 0.25) is 0 Å². The summed E-state index contributed by atoms with van der Waals surface area (Å²) in [5, 5.41) is 9.35. The maximum Gasteiger partial charge on any atom is 0.433 e. The minimum atomic E-state index is -4.65. The molecule has 1 aromatic heterocycles. The molecule has 0 aromatic carbocycles. The van der Waals surface area contributed by atoms with E-state index < -0.39 is 41.2 Å². The molecule has 0 saturated carbocycles. The number of hydrogen-bond acceptors (Lipinski definition) is 4. The molecular formula is C15H18F3NO4. The van der Waals surface area contributed by atoms with Crippen molar-refractivity contribution in [3.05, 3.63) is 29.6 Å². The largest absolute Gasteiger partial charge is 0.480 e. The van der Waals surface area contributed by atoms with Crippen LogP contribution in [0.2, 0.25) is 0 Å². The van der Waals surface area contributed by atoms with Crippen LogP contribution >= 0.6 is 0 Å². The predicted molar refractivity (Wildman–Crippen MR) is 74.5 cm³/mol. The highest BCUT2D eigenvalue weighted by atomic mass is 19.4. The zero-order valence-electron chi connectivity index (χ0n) is 13.2. The molecule has 0 amide bonds. The molecule has 128 valence electrons. The van der Waals surface area contributed by atoms with E-state index in [1.165, 1.54) is 6.07 Å². The molecule has 5 nitrogen and oxygen atoms in total. The van der Waals surface area contributed by atoms with Gasteiger partial charge in [-0.3, -0.25) is 14.6 Å². The number of halogens is 3. The highest BCUT2D eigenvalue weighted by Crippen LogP contribution is 2.31. The van der Waals surface area contributed by atoms with Gasteiger partial charge in [0.1, 0.15) is 11.3 Å². The van der Waals surface area contributed by atoms with Crippen LogP contribution in [0.1, 0.15) is 39.0 Å². The molecule has 0 radical (unpaired) electrons. The first kappa shape index (κ1) is 18.9. The van der Waals surface area contributed by atoms with Gasteiger partial charge in [-0.15, -0.1) is 0 Å². The summed E-state index contributed by atoms with van der Waals surface area (Å²) in [6.45, 7) is 5.83. The second-order valence-corrected chi connectivity index (χ2v) is 6.36. The lowest BCUT2D eigenvalue weighted by Gasteiger charge is -2.28. The molecule has 23 heavy (non-hydrogen) atoms. The van der Waals surface area contributed by atoms with E-state index >= 15 is 0 Å². The molecule has 0 bridgehead atoms. The number of carboxylic acid groups (broad SMARTS) is 1. The highest BCUT2D eigenvalue weighted by molar-refractivity contribution is 5.99. The second-order valence-electron chi connectivity index (χ2n) is 6.36. The molecule has 0 aliphatic heterocycles. The summed E-state index contributed by atoms with van der Waals surface area (Å²) in [6.07, 6.45) is -4.17. The Morgan fingerprint density at radius 1 is 1.22 bits per heavy atom. The number of pyridine rings is 1. The highest BCUT2D eigenvalue weighted by Gasteiger charge is 2.45. The Labute approximate surface area is 131 Å². The van der Waals surface area contributed by atoms with Crippen LogP contribution in [-0.4, -0.2) is 27.6 Å². The van der Waals surface area contributed by atoms with Gasteiger partial charge in [-0.05, 0) is 51.8 Å². The number of carboxylic acids is 1. The van der Waals surface area contributed by atoms with E-state index in [9.17, 15) is 27.9 Å². The Morgan fingerprint density at radius 2 is 1.78 bits per heavy atom. The summed E-state index contributed by atoms with van der Waals surface area (Å²) < 4.78 is 43.1. The first-order valence-electron chi connectivity index (χ1n) is 6.75. The average Bonchev–Trinajstić information content (AvgIpc) is 2.35. The number of carbonyl (C=O) groups is 2. The summed E-state index contributed by atoms with van der Waals surface area (Å²) in [5.41, 5.74) is -4.03. The van der Waals surface area contributed by atoms with E-state index in [-0.39, 0.29) is 5.56 Å². The van der Waals surface area contributed by atoms with Crippen molar-refractivity contribution in [1.82, 2.24) is 4.98 Å². The molecule has 1 heterocycles. The van der Waals surface area contributed by atoms with Crippen LogP contribution in [0.15, 0.2) is 18.3 Å². The Morgan fingerprint density at radius 3 is 2.22 bits per heavy atom. The third-order valence-corrected chi connectivity index (χ3v) is 2.99. The van der Waals surface area contributed by atoms with Crippen LogP contribution in [0.25, 0.3) is 0 Å². The second kappa shape index (κ2) is 6.17. The van der Waals surface area contributed by atoms with Gasteiger partial charge in [-0.1, -0.05) is 0 Å². The van der Waals surface area contributed by atoms with Gasteiger partial charge in [-0.2, -0.15) is 13.2 Å². The molecule has 1 N–H and O–H groups in total. The van der Waals surface area contributed by atoms with Crippen molar-refractivity contribution >= 4 is 11.9 Å². The van der Waals surface area contributed by atoms with Crippen molar-refractivity contribution in [2.24, 2.45) is 5.41 Å². The van der Waals surface area contributed by atoms with Crippen molar-refractivity contribution < 1.29 is 32.6 Å². The topological polar surface area (TPSA) is 76.5 Å². The van der Waals surface area contributed by atoms with Gasteiger partial charge in [0.25, 0.3) is 0 Å². The minimum Gasteiger partial charge on any atom is -0.480 e. The normalized spacial score (nSPS) is 14.9. The van der Waals surface area contributed by atoms with Crippen molar-refractivity contribution in [3.8, 4) is 0 Å². The molecule has 0 unspecified atom stereocenters. The summed E-state index contributed by atoms with van der Waals surface area (Å²) in [6, 6.07) is 1.96. The lowest BCUT2D eigenvalue weighted by molar-refractivity contribution is -0.175. The van der Waals surface area contributed by atoms with Gasteiger partial charge in [-0.25, -0.2) is 0 Å². The molecule has 0 aliphatic carbocycles. The summed E-state index contributed by atoms with van der Waals surface area (Å²) in [4.78, 5) is 26.9. The van der Waals surface area contributed by atoms with E-state index in [0.717, 1.165) is 19.2 Å². The number of ether oxygens (including phenoxy) is 1. The summed E-state index contributed by atoms with van der Waals surface area (Å²) in [7, 11) is 0. The lowest BCUT2D eigenvalue weighted by Crippen LogP contribution is -2.43. The number of nitrogens with zero attached hydrogens (tertiary/aromatic N) is 1.